The van der Waals surface area contributed by atoms with E-state index in [1.807, 2.05) is 13.0 Å². The molecule has 1 heteroatoms. The minimum atomic E-state index is 0.723. The molecule has 7 aromatic rings. The third-order valence-corrected chi connectivity index (χ3v) is 9.68. The first-order chi connectivity index (χ1) is 26.0. The van der Waals surface area contributed by atoms with E-state index in [1.165, 1.54) is 50.1 Å². The minimum Gasteiger partial charge on any atom is -0.248 e. The average Bonchev–Trinajstić information content (AvgIpc) is 3.22. The quantitative estimate of drug-likeness (QED) is 0.127. The van der Waals surface area contributed by atoms with Gasteiger partial charge in [0.15, 0.2) is 0 Å². The number of hydrogen-bond donors (Lipinski definition) is 0. The second-order valence-electron chi connectivity index (χ2n) is 13.3. The van der Waals surface area contributed by atoms with E-state index in [-0.39, 0.29) is 0 Å². The van der Waals surface area contributed by atoms with Crippen molar-refractivity contribution in [2.24, 2.45) is 4.99 Å². The number of aliphatic imine (C=N–C) groups is 1. The summed E-state index contributed by atoms with van der Waals surface area (Å²) >= 11 is 0. The minimum absolute atomic E-state index is 0.723. The van der Waals surface area contributed by atoms with Crippen LogP contribution in [-0.4, -0.2) is 5.71 Å². The fourth-order valence-corrected chi connectivity index (χ4v) is 6.81. The fraction of sp³-hybridized carbons (Fsp3) is 0.0577. The van der Waals surface area contributed by atoms with Crippen molar-refractivity contribution in [1.82, 2.24) is 0 Å². The smallest absolute Gasteiger partial charge is 0.0712 e. The van der Waals surface area contributed by atoms with E-state index in [0.29, 0.717) is 0 Å². The summed E-state index contributed by atoms with van der Waals surface area (Å²) in [6, 6.07) is 62.6. The zero-order valence-electron chi connectivity index (χ0n) is 30.6. The summed E-state index contributed by atoms with van der Waals surface area (Å²) in [5, 5.41) is 0. The number of nitrogens with zero attached hydrogens (tertiary/aromatic N) is 1. The second-order valence-corrected chi connectivity index (χ2v) is 13.3. The van der Waals surface area contributed by atoms with Crippen LogP contribution in [0.25, 0.3) is 61.9 Å². The van der Waals surface area contributed by atoms with Gasteiger partial charge in [-0.05, 0) is 112 Å². The molecule has 0 aliphatic carbocycles. The Hall–Kier alpha value is -6.57. The lowest BCUT2D eigenvalue weighted by Gasteiger charge is -2.19. The van der Waals surface area contributed by atoms with Crippen molar-refractivity contribution < 1.29 is 0 Å². The lowest BCUT2D eigenvalue weighted by atomic mass is 9.84. The molecular formula is C52H43N. The van der Waals surface area contributed by atoms with Crippen LogP contribution in [0.2, 0.25) is 0 Å². The van der Waals surface area contributed by atoms with Crippen molar-refractivity contribution in [3.63, 3.8) is 0 Å². The highest BCUT2D eigenvalue weighted by Gasteiger charge is 2.18. The Labute approximate surface area is 314 Å². The predicted octanol–water partition coefficient (Wildman–Crippen LogP) is 14.3. The van der Waals surface area contributed by atoms with E-state index in [1.54, 1.807) is 0 Å². The highest BCUT2D eigenvalue weighted by molar-refractivity contribution is 6.14. The first-order valence-electron chi connectivity index (χ1n) is 18.2. The number of aryl methyl sites for hydroxylation is 1. The van der Waals surface area contributed by atoms with Gasteiger partial charge in [-0.15, -0.1) is 0 Å². The third-order valence-electron chi connectivity index (χ3n) is 9.68. The van der Waals surface area contributed by atoms with Gasteiger partial charge in [-0.1, -0.05) is 176 Å². The molecule has 0 amide bonds. The van der Waals surface area contributed by atoms with Crippen molar-refractivity contribution in [3.8, 4) is 44.5 Å². The maximum absolute atomic E-state index is 5.21. The van der Waals surface area contributed by atoms with E-state index in [2.05, 4.69) is 209 Å². The Bertz CT molecular complexity index is 2370. The number of benzene rings is 7. The van der Waals surface area contributed by atoms with Crippen LogP contribution in [0.1, 0.15) is 41.7 Å². The highest BCUT2D eigenvalue weighted by Crippen LogP contribution is 2.43. The van der Waals surface area contributed by atoms with Crippen LogP contribution in [-0.2, 0) is 0 Å². The maximum Gasteiger partial charge on any atom is 0.0712 e. The molecule has 53 heavy (non-hydrogen) atoms. The average molecular weight is 682 g/mol. The summed E-state index contributed by atoms with van der Waals surface area (Å²) in [7, 11) is 0. The Morgan fingerprint density at radius 1 is 0.509 bits per heavy atom. The van der Waals surface area contributed by atoms with Gasteiger partial charge in [-0.3, -0.25) is 0 Å². The second kappa shape index (κ2) is 16.2. The molecule has 7 rings (SSSR count). The molecule has 7 aromatic carbocycles. The van der Waals surface area contributed by atoms with Crippen LogP contribution in [0.5, 0.6) is 0 Å². The van der Waals surface area contributed by atoms with Gasteiger partial charge >= 0.3 is 0 Å². The lowest BCUT2D eigenvalue weighted by molar-refractivity contribution is 1.40. The Kier molecular flexibility index (Phi) is 10.6. The zero-order chi connectivity index (χ0) is 36.6. The van der Waals surface area contributed by atoms with Crippen LogP contribution < -0.4 is 0 Å². The fourth-order valence-electron chi connectivity index (χ4n) is 6.81. The molecule has 0 aliphatic rings. The first kappa shape index (κ1) is 34.9. The number of allylic oxidation sites excluding steroid dienone is 3. The van der Waals surface area contributed by atoms with Crippen molar-refractivity contribution in [1.29, 1.82) is 0 Å². The molecule has 0 saturated carbocycles. The topological polar surface area (TPSA) is 12.4 Å². The Morgan fingerprint density at radius 3 is 1.57 bits per heavy atom. The highest BCUT2D eigenvalue weighted by atomic mass is 14.8. The predicted molar refractivity (Wildman–Crippen MR) is 230 cm³/mol. The molecule has 0 radical (unpaired) electrons. The molecule has 0 aliphatic heterocycles. The molecular weight excluding hydrogens is 639 g/mol. The van der Waals surface area contributed by atoms with Crippen LogP contribution >= 0.6 is 0 Å². The zero-order valence-corrected chi connectivity index (χ0v) is 30.6. The summed E-state index contributed by atoms with van der Waals surface area (Å²) in [5.41, 5.74) is 17.8. The summed E-state index contributed by atoms with van der Waals surface area (Å²) in [5.74, 6) is 0. The SMILES string of the molecule is C=C(N=C(/C=C(\C)c1ccccc1)c1ccc(-c2c(-c3ccccc3)cc(-c3ccccc3)cc2-c2ccccc2)cc1)c1ccc(C)c(/C=C\C)c1. The van der Waals surface area contributed by atoms with Gasteiger partial charge in [0.1, 0.15) is 0 Å². The van der Waals surface area contributed by atoms with Crippen LogP contribution in [0, 0.1) is 6.92 Å². The molecule has 1 nitrogen and oxygen atoms in total. The summed E-state index contributed by atoms with van der Waals surface area (Å²) < 4.78 is 0. The van der Waals surface area contributed by atoms with Crippen molar-refractivity contribution in [3.05, 3.63) is 222 Å². The maximum atomic E-state index is 5.21. The van der Waals surface area contributed by atoms with Gasteiger partial charge in [0.2, 0.25) is 0 Å². The van der Waals surface area contributed by atoms with Crippen molar-refractivity contribution in [2.75, 3.05) is 0 Å². The first-order valence-corrected chi connectivity index (χ1v) is 18.2. The van der Waals surface area contributed by atoms with Gasteiger partial charge in [0.25, 0.3) is 0 Å². The summed E-state index contributed by atoms with van der Waals surface area (Å²) in [6.45, 7) is 10.8. The third kappa shape index (κ3) is 8.01. The lowest BCUT2D eigenvalue weighted by Crippen LogP contribution is -2.00. The van der Waals surface area contributed by atoms with Gasteiger partial charge in [-0.25, -0.2) is 4.99 Å². The van der Waals surface area contributed by atoms with Crippen molar-refractivity contribution >= 4 is 23.1 Å². The van der Waals surface area contributed by atoms with E-state index in [9.17, 15) is 0 Å². The molecule has 0 bridgehead atoms. The number of hydrogen-bond acceptors (Lipinski definition) is 1. The summed E-state index contributed by atoms with van der Waals surface area (Å²) in [4.78, 5) is 5.21. The normalized spacial score (nSPS) is 11.9. The molecule has 0 unspecified atom stereocenters. The van der Waals surface area contributed by atoms with Crippen LogP contribution in [0.4, 0.5) is 0 Å². The van der Waals surface area contributed by atoms with Gasteiger partial charge < -0.3 is 0 Å². The van der Waals surface area contributed by atoms with Crippen molar-refractivity contribution in [2.45, 2.75) is 20.8 Å². The standard InChI is InChI=1S/C52H43N/c1-5-18-46-34-47(28-27-37(46)2)39(4)53-51(33-38(3)40-19-10-6-11-20-40)44-29-31-45(32-30-44)52-49(42-23-14-8-15-24-42)35-48(41-21-12-7-13-22-41)36-50(52)43-25-16-9-17-26-43/h5-36H,4H2,1-3H3/b18-5-,38-33+,53-51?. The molecule has 0 fully saturated rings. The largest absolute Gasteiger partial charge is 0.248 e. The number of rotatable bonds is 10. The van der Waals surface area contributed by atoms with E-state index >= 15 is 0 Å². The Morgan fingerprint density at radius 2 is 1.02 bits per heavy atom. The van der Waals surface area contributed by atoms with Crippen LogP contribution in [0.15, 0.2) is 200 Å². The van der Waals surface area contributed by atoms with E-state index in [4.69, 9.17) is 4.99 Å². The molecule has 0 atom stereocenters. The summed E-state index contributed by atoms with van der Waals surface area (Å²) in [6.07, 6.45) is 6.38. The molecule has 0 saturated heterocycles. The van der Waals surface area contributed by atoms with E-state index < -0.39 is 0 Å². The van der Waals surface area contributed by atoms with Gasteiger partial charge in [0, 0.05) is 11.1 Å². The van der Waals surface area contributed by atoms with Crippen LogP contribution in [0.3, 0.4) is 0 Å². The Balaban J connectivity index is 1.39. The van der Waals surface area contributed by atoms with E-state index in [0.717, 1.165) is 39.2 Å². The molecule has 0 heterocycles. The molecule has 256 valence electrons. The molecule has 0 spiro atoms. The molecule has 0 aromatic heterocycles. The van der Waals surface area contributed by atoms with Gasteiger partial charge in [-0.2, -0.15) is 0 Å². The van der Waals surface area contributed by atoms with Gasteiger partial charge in [0.05, 0.1) is 11.4 Å². The molecule has 0 N–H and O–H groups in total. The monoisotopic (exact) mass is 681 g/mol.